The van der Waals surface area contributed by atoms with Crippen molar-refractivity contribution in [1.29, 1.82) is 0 Å². The summed E-state index contributed by atoms with van der Waals surface area (Å²) in [6.07, 6.45) is 3.46. The number of quaternary nitrogens is 1. The average Bonchev–Trinajstić information content (AvgIpc) is 2.71. The summed E-state index contributed by atoms with van der Waals surface area (Å²) in [4.78, 5) is 0. The molecule has 0 unspecified atom stereocenters. The first-order valence-electron chi connectivity index (χ1n) is 8.68. The van der Waals surface area contributed by atoms with E-state index in [1.807, 2.05) is 0 Å². The number of rotatable bonds is 5. The molecule has 0 N–H and O–H groups in total. The van der Waals surface area contributed by atoms with Gasteiger partial charge in [-0.25, -0.2) is 0 Å². The normalized spacial score (nSPS) is 20.2. The van der Waals surface area contributed by atoms with E-state index in [1.165, 1.54) is 21.9 Å². The first-order chi connectivity index (χ1) is 10.2. The van der Waals surface area contributed by atoms with Crippen LogP contribution in [0.2, 0.25) is 0 Å². The third kappa shape index (κ3) is 2.14. The molecule has 1 aromatic carbocycles. The minimum atomic E-state index is -0.369. The Morgan fingerprint density at radius 1 is 0.864 bits per heavy atom. The minimum Gasteiger partial charge on any atom is -0.298 e. The predicted molar refractivity (Wildman–Crippen MR) is 93.1 cm³/mol. The molecule has 1 aromatic rings. The Morgan fingerprint density at radius 2 is 1.32 bits per heavy atom. The van der Waals surface area contributed by atoms with E-state index in [4.69, 9.17) is 0 Å². The van der Waals surface area contributed by atoms with Crippen LogP contribution in [0.15, 0.2) is 18.2 Å². The molecule has 22 heavy (non-hydrogen) atoms. The summed E-state index contributed by atoms with van der Waals surface area (Å²) in [5, 5.41) is 14.9. The van der Waals surface area contributed by atoms with Crippen LogP contribution in [0.3, 0.4) is 0 Å². The Hall–Kier alpha value is -0.900. The third-order valence-electron chi connectivity index (χ3n) is 5.90. The summed E-state index contributed by atoms with van der Waals surface area (Å²) in [6, 6.07) is 6.72. The summed E-state index contributed by atoms with van der Waals surface area (Å²) < 4.78 is 0.779. The molecule has 0 spiro atoms. The van der Waals surface area contributed by atoms with E-state index in [9.17, 15) is 5.21 Å². The number of fused-ring (bicyclic) bond motifs is 1. The monoisotopic (exact) mass is 304 g/mol. The van der Waals surface area contributed by atoms with Gasteiger partial charge >= 0.3 is 0 Å². The maximum absolute atomic E-state index is 13.4. The molecule has 2 rings (SSSR count). The van der Waals surface area contributed by atoms with Gasteiger partial charge in [0.25, 0.3) is 0 Å². The summed E-state index contributed by atoms with van der Waals surface area (Å²) >= 11 is 0. The smallest absolute Gasteiger partial charge is 0.132 e. The van der Waals surface area contributed by atoms with E-state index in [0.29, 0.717) is 0 Å². The van der Waals surface area contributed by atoms with E-state index in [0.717, 1.165) is 30.2 Å². The lowest BCUT2D eigenvalue weighted by Crippen LogP contribution is -2.47. The lowest BCUT2D eigenvalue weighted by atomic mass is 9.82. The molecule has 0 bridgehead atoms. The molecule has 3 nitrogen and oxygen atoms in total. The maximum atomic E-state index is 13.4. The van der Waals surface area contributed by atoms with Crippen LogP contribution in [0, 0.1) is 0 Å². The van der Waals surface area contributed by atoms with Crippen molar-refractivity contribution in [2.75, 3.05) is 21.1 Å². The van der Waals surface area contributed by atoms with Crippen molar-refractivity contribution in [3.05, 3.63) is 29.3 Å². The predicted octanol–water partition coefficient (Wildman–Crippen LogP) is 4.58. The number of hydrogen-bond acceptors (Lipinski definition) is 1. The molecule has 0 saturated heterocycles. The zero-order chi connectivity index (χ0) is 16.8. The highest BCUT2D eigenvalue weighted by Crippen LogP contribution is 2.55. The first kappa shape index (κ1) is 17.5. The number of nitrogens with zero attached hydrogens (tertiary/aromatic N) is 2. The van der Waals surface area contributed by atoms with Gasteiger partial charge in [0.2, 0.25) is 0 Å². The number of hydroxylamine groups is 2. The summed E-state index contributed by atoms with van der Waals surface area (Å²) in [7, 11) is 6.54. The van der Waals surface area contributed by atoms with Crippen molar-refractivity contribution >= 4 is 5.69 Å². The van der Waals surface area contributed by atoms with E-state index in [-0.39, 0.29) is 11.1 Å². The molecule has 0 aromatic heterocycles. The van der Waals surface area contributed by atoms with E-state index in [2.05, 4.69) is 67.0 Å². The van der Waals surface area contributed by atoms with Crippen LogP contribution in [-0.2, 0) is 16.3 Å². The zero-order valence-electron chi connectivity index (χ0n) is 15.4. The molecular weight excluding hydrogens is 272 g/mol. The van der Waals surface area contributed by atoms with Crippen molar-refractivity contribution in [2.45, 2.75) is 64.5 Å². The fourth-order valence-electron chi connectivity index (χ4n) is 4.21. The first-order valence-corrected chi connectivity index (χ1v) is 8.68. The molecule has 0 saturated carbocycles. The second-order valence-electron chi connectivity index (χ2n) is 7.51. The second kappa shape index (κ2) is 5.63. The molecule has 123 valence electrons. The quantitative estimate of drug-likeness (QED) is 0.731. The maximum Gasteiger partial charge on any atom is 0.132 e. The fourth-order valence-corrected chi connectivity index (χ4v) is 4.21. The largest absolute Gasteiger partial charge is 0.298 e. The number of benzene rings is 1. The second-order valence-corrected chi connectivity index (χ2v) is 7.51. The Morgan fingerprint density at radius 3 is 1.73 bits per heavy atom. The molecule has 1 radical (unpaired) electrons. The number of hydrogen-bond donors (Lipinski definition) is 0. The lowest BCUT2D eigenvalue weighted by molar-refractivity contribution is -0.287. The molecule has 0 fully saturated rings. The topological polar surface area (TPSA) is 23.1 Å². The Labute approximate surface area is 136 Å². The highest BCUT2D eigenvalue weighted by atomic mass is 16.5. The molecule has 3 heteroatoms. The van der Waals surface area contributed by atoms with E-state index < -0.39 is 0 Å². The van der Waals surface area contributed by atoms with Crippen LogP contribution in [0.5, 0.6) is 0 Å². The molecule has 0 aliphatic carbocycles. The van der Waals surface area contributed by atoms with Gasteiger partial charge in [0, 0.05) is 6.07 Å². The summed E-state index contributed by atoms with van der Waals surface area (Å²) in [6.45, 7) is 8.59. The van der Waals surface area contributed by atoms with Gasteiger partial charge in [0.05, 0.1) is 32.2 Å². The van der Waals surface area contributed by atoms with Gasteiger partial charge in [0.1, 0.15) is 5.69 Å². The highest BCUT2D eigenvalue weighted by molar-refractivity contribution is 5.54. The van der Waals surface area contributed by atoms with Gasteiger partial charge in [-0.2, -0.15) is 0 Å². The van der Waals surface area contributed by atoms with Crippen LogP contribution < -0.4 is 4.48 Å². The third-order valence-corrected chi connectivity index (χ3v) is 5.90. The van der Waals surface area contributed by atoms with Crippen LogP contribution in [0.25, 0.3) is 0 Å². The Balaban J connectivity index is 2.77. The van der Waals surface area contributed by atoms with Crippen LogP contribution in [0.4, 0.5) is 5.69 Å². The van der Waals surface area contributed by atoms with Crippen molar-refractivity contribution < 1.29 is 5.21 Å². The minimum absolute atomic E-state index is 0.356. The van der Waals surface area contributed by atoms with Crippen LogP contribution in [0.1, 0.15) is 64.5 Å². The summed E-state index contributed by atoms with van der Waals surface area (Å²) in [5.74, 6) is 0. The van der Waals surface area contributed by atoms with Gasteiger partial charge in [-0.3, -0.25) is 4.48 Å². The van der Waals surface area contributed by atoms with E-state index in [1.54, 1.807) is 0 Å². The van der Waals surface area contributed by atoms with Crippen molar-refractivity contribution in [3.63, 3.8) is 0 Å². The van der Waals surface area contributed by atoms with Gasteiger partial charge in [-0.05, 0) is 42.9 Å². The standard InChI is InChI=1S/C19H32N2O/c1-8-18(9-2)16-13-12-15(21(5,6)7)14-17(16)19(10-3,11-4)20(18)22/h12-14H,8-11H2,1-7H3/q+1. The van der Waals surface area contributed by atoms with Crippen molar-refractivity contribution in [2.24, 2.45) is 0 Å². The molecule has 0 atom stereocenters. The van der Waals surface area contributed by atoms with Gasteiger partial charge in [-0.15, -0.1) is 10.3 Å². The fraction of sp³-hybridized carbons (Fsp3) is 0.684. The van der Waals surface area contributed by atoms with Gasteiger partial charge in [0.15, 0.2) is 0 Å². The Bertz CT molecular complexity index is 537. The van der Waals surface area contributed by atoms with E-state index >= 15 is 0 Å². The SMILES string of the molecule is CCC1(CC)c2ccc([N+](C)(C)C)cc2C(CC)(CC)N1[O]. The molecule has 1 heterocycles. The molecule has 1 aliphatic rings. The van der Waals surface area contributed by atoms with Gasteiger partial charge in [-0.1, -0.05) is 33.8 Å². The highest BCUT2D eigenvalue weighted by Gasteiger charge is 2.56. The van der Waals surface area contributed by atoms with Crippen LogP contribution in [-0.4, -0.2) is 26.2 Å². The molecule has 1 aliphatic heterocycles. The zero-order valence-corrected chi connectivity index (χ0v) is 15.4. The molecular formula is C19H32N2O+. The molecule has 0 amide bonds. The van der Waals surface area contributed by atoms with Crippen LogP contribution >= 0.6 is 0 Å². The lowest BCUT2D eigenvalue weighted by Gasteiger charge is -2.40. The summed E-state index contributed by atoms with van der Waals surface area (Å²) in [5.41, 5.74) is 3.06. The van der Waals surface area contributed by atoms with Crippen molar-refractivity contribution in [1.82, 2.24) is 9.55 Å². The average molecular weight is 304 g/mol. The Kier molecular flexibility index (Phi) is 4.46. The van der Waals surface area contributed by atoms with Gasteiger partial charge < -0.3 is 0 Å². The van der Waals surface area contributed by atoms with Crippen molar-refractivity contribution in [3.8, 4) is 0 Å².